The molecule has 0 bridgehead atoms. The predicted molar refractivity (Wildman–Crippen MR) is 84.8 cm³/mol. The van der Waals surface area contributed by atoms with Crippen molar-refractivity contribution in [3.8, 4) is 0 Å². The fourth-order valence-corrected chi connectivity index (χ4v) is 3.00. The number of aliphatic hydroxyl groups excluding tert-OH is 1. The molecule has 0 radical (unpaired) electrons. The van der Waals surface area contributed by atoms with Crippen LogP contribution in [0.25, 0.3) is 0 Å². The van der Waals surface area contributed by atoms with Gasteiger partial charge in [0.1, 0.15) is 0 Å². The molecule has 1 saturated heterocycles. The van der Waals surface area contributed by atoms with E-state index in [0.29, 0.717) is 0 Å². The summed E-state index contributed by atoms with van der Waals surface area (Å²) in [7, 11) is 0. The Labute approximate surface area is 123 Å². The first kappa shape index (κ1) is 15.5. The Morgan fingerprint density at radius 2 is 1.80 bits per heavy atom. The molecule has 1 N–H and O–H groups in total. The van der Waals surface area contributed by atoms with Gasteiger partial charge in [0.15, 0.2) is 0 Å². The Balaban J connectivity index is 1.78. The second-order valence-electron chi connectivity index (χ2n) is 7.07. The highest BCUT2D eigenvalue weighted by Crippen LogP contribution is 2.27. The molecule has 1 aromatic rings. The number of hydrogen-bond donors (Lipinski definition) is 1. The van der Waals surface area contributed by atoms with Gasteiger partial charge in [0.05, 0.1) is 6.10 Å². The van der Waals surface area contributed by atoms with E-state index in [2.05, 4.69) is 49.1 Å². The Bertz CT molecular complexity index is 391. The number of nitrogens with zero attached hydrogens (tertiary/aromatic N) is 1. The SMILES string of the molecule is CC(O)C(C)(C)CN1CCC(Cc2ccccc2)CC1. The summed E-state index contributed by atoms with van der Waals surface area (Å²) in [6.07, 6.45) is 3.54. The van der Waals surface area contributed by atoms with E-state index < -0.39 is 0 Å². The third-order valence-electron chi connectivity index (χ3n) is 4.84. The van der Waals surface area contributed by atoms with Crippen LogP contribution in [-0.4, -0.2) is 35.7 Å². The van der Waals surface area contributed by atoms with Gasteiger partial charge in [0, 0.05) is 12.0 Å². The Hall–Kier alpha value is -0.860. The summed E-state index contributed by atoms with van der Waals surface area (Å²) in [4.78, 5) is 2.52. The lowest BCUT2D eigenvalue weighted by Crippen LogP contribution is -2.44. The standard InChI is InChI=1S/C18H29NO/c1-15(20)18(2,3)14-19-11-9-17(10-12-19)13-16-7-5-4-6-8-16/h4-8,15,17,20H,9-14H2,1-3H3. The van der Waals surface area contributed by atoms with E-state index in [0.717, 1.165) is 12.5 Å². The van der Waals surface area contributed by atoms with Crippen molar-refractivity contribution in [1.29, 1.82) is 0 Å². The Morgan fingerprint density at radius 1 is 1.20 bits per heavy atom. The van der Waals surface area contributed by atoms with E-state index in [1.807, 2.05) is 6.92 Å². The number of hydrogen-bond acceptors (Lipinski definition) is 2. The van der Waals surface area contributed by atoms with Crippen LogP contribution in [0.5, 0.6) is 0 Å². The number of benzene rings is 1. The molecule has 1 aromatic carbocycles. The van der Waals surface area contributed by atoms with Crippen LogP contribution in [0.15, 0.2) is 30.3 Å². The highest BCUT2D eigenvalue weighted by atomic mass is 16.3. The highest BCUT2D eigenvalue weighted by molar-refractivity contribution is 5.15. The van der Waals surface area contributed by atoms with Crippen molar-refractivity contribution in [2.45, 2.75) is 46.1 Å². The van der Waals surface area contributed by atoms with E-state index in [1.54, 1.807) is 0 Å². The Kier molecular flexibility index (Phi) is 5.22. The van der Waals surface area contributed by atoms with Crippen molar-refractivity contribution >= 4 is 0 Å². The summed E-state index contributed by atoms with van der Waals surface area (Å²) in [6.45, 7) is 9.58. The number of rotatable bonds is 5. The molecular weight excluding hydrogens is 246 g/mol. The lowest BCUT2D eigenvalue weighted by molar-refractivity contribution is 0.0249. The quantitative estimate of drug-likeness (QED) is 0.891. The molecule has 1 unspecified atom stereocenters. The molecule has 2 nitrogen and oxygen atoms in total. The zero-order valence-electron chi connectivity index (χ0n) is 13.2. The van der Waals surface area contributed by atoms with Crippen LogP contribution in [0.4, 0.5) is 0 Å². The minimum atomic E-state index is -0.246. The lowest BCUT2D eigenvalue weighted by Gasteiger charge is -2.38. The maximum atomic E-state index is 9.83. The first-order valence-electron chi connectivity index (χ1n) is 7.92. The first-order chi connectivity index (χ1) is 9.47. The molecule has 2 rings (SSSR count). The van der Waals surface area contributed by atoms with Crippen LogP contribution in [0.1, 0.15) is 39.2 Å². The second kappa shape index (κ2) is 6.73. The van der Waals surface area contributed by atoms with Crippen LogP contribution < -0.4 is 0 Å². The van der Waals surface area contributed by atoms with Crippen molar-refractivity contribution in [3.63, 3.8) is 0 Å². The summed E-state index contributed by atoms with van der Waals surface area (Å²) in [5.41, 5.74) is 1.46. The van der Waals surface area contributed by atoms with E-state index >= 15 is 0 Å². The molecule has 112 valence electrons. The maximum absolute atomic E-state index is 9.83. The topological polar surface area (TPSA) is 23.5 Å². The van der Waals surface area contributed by atoms with Crippen molar-refractivity contribution in [3.05, 3.63) is 35.9 Å². The molecule has 0 saturated carbocycles. The minimum absolute atomic E-state index is 0.00767. The number of aliphatic hydroxyl groups is 1. The smallest absolute Gasteiger partial charge is 0.0575 e. The highest BCUT2D eigenvalue weighted by Gasteiger charge is 2.29. The molecule has 2 heteroatoms. The van der Waals surface area contributed by atoms with Gasteiger partial charge in [-0.15, -0.1) is 0 Å². The van der Waals surface area contributed by atoms with Crippen molar-refractivity contribution < 1.29 is 5.11 Å². The summed E-state index contributed by atoms with van der Waals surface area (Å²) in [6, 6.07) is 10.8. The molecular formula is C18H29NO. The average molecular weight is 275 g/mol. The van der Waals surface area contributed by atoms with Crippen molar-refractivity contribution in [2.24, 2.45) is 11.3 Å². The van der Waals surface area contributed by atoms with Crippen molar-refractivity contribution in [1.82, 2.24) is 4.90 Å². The number of likely N-dealkylation sites (tertiary alicyclic amines) is 1. The third-order valence-corrected chi connectivity index (χ3v) is 4.84. The molecule has 1 fully saturated rings. The van der Waals surface area contributed by atoms with E-state index in [1.165, 1.54) is 37.9 Å². The first-order valence-corrected chi connectivity index (χ1v) is 7.92. The molecule has 1 aliphatic heterocycles. The van der Waals surface area contributed by atoms with Gasteiger partial charge >= 0.3 is 0 Å². The van der Waals surface area contributed by atoms with Gasteiger partial charge in [0.25, 0.3) is 0 Å². The Morgan fingerprint density at radius 3 is 2.35 bits per heavy atom. The largest absolute Gasteiger partial charge is 0.393 e. The average Bonchev–Trinajstić information content (AvgIpc) is 2.42. The fourth-order valence-electron chi connectivity index (χ4n) is 3.00. The molecule has 0 aliphatic carbocycles. The zero-order chi connectivity index (χ0) is 14.6. The lowest BCUT2D eigenvalue weighted by atomic mass is 9.85. The monoisotopic (exact) mass is 275 g/mol. The fraction of sp³-hybridized carbons (Fsp3) is 0.667. The summed E-state index contributed by atoms with van der Waals surface area (Å²) in [5.74, 6) is 0.823. The van der Waals surface area contributed by atoms with E-state index in [-0.39, 0.29) is 11.5 Å². The van der Waals surface area contributed by atoms with Crippen LogP contribution in [0.2, 0.25) is 0 Å². The van der Waals surface area contributed by atoms with Crippen LogP contribution in [-0.2, 0) is 6.42 Å². The summed E-state index contributed by atoms with van der Waals surface area (Å²) >= 11 is 0. The maximum Gasteiger partial charge on any atom is 0.0575 e. The molecule has 1 aliphatic rings. The second-order valence-corrected chi connectivity index (χ2v) is 7.07. The van der Waals surface area contributed by atoms with Gasteiger partial charge in [0.2, 0.25) is 0 Å². The predicted octanol–water partition coefficient (Wildman–Crippen LogP) is 3.35. The normalized spacial score (nSPS) is 20.0. The van der Waals surface area contributed by atoms with Gasteiger partial charge < -0.3 is 10.0 Å². The van der Waals surface area contributed by atoms with Gasteiger partial charge in [-0.1, -0.05) is 44.2 Å². The van der Waals surface area contributed by atoms with Crippen LogP contribution >= 0.6 is 0 Å². The summed E-state index contributed by atoms with van der Waals surface area (Å²) in [5, 5.41) is 9.83. The van der Waals surface area contributed by atoms with Gasteiger partial charge in [-0.2, -0.15) is 0 Å². The van der Waals surface area contributed by atoms with E-state index in [4.69, 9.17) is 0 Å². The third kappa shape index (κ3) is 4.32. The minimum Gasteiger partial charge on any atom is -0.393 e. The molecule has 0 aromatic heterocycles. The molecule has 0 spiro atoms. The van der Waals surface area contributed by atoms with Gasteiger partial charge in [-0.05, 0) is 50.8 Å². The van der Waals surface area contributed by atoms with Gasteiger partial charge in [-0.3, -0.25) is 0 Å². The van der Waals surface area contributed by atoms with Gasteiger partial charge in [-0.25, -0.2) is 0 Å². The van der Waals surface area contributed by atoms with Crippen LogP contribution in [0, 0.1) is 11.3 Å². The van der Waals surface area contributed by atoms with Crippen LogP contribution in [0.3, 0.4) is 0 Å². The molecule has 1 heterocycles. The zero-order valence-corrected chi connectivity index (χ0v) is 13.2. The molecule has 20 heavy (non-hydrogen) atoms. The van der Waals surface area contributed by atoms with E-state index in [9.17, 15) is 5.11 Å². The molecule has 1 atom stereocenters. The summed E-state index contributed by atoms with van der Waals surface area (Å²) < 4.78 is 0. The number of piperidine rings is 1. The van der Waals surface area contributed by atoms with Crippen molar-refractivity contribution in [2.75, 3.05) is 19.6 Å². The molecule has 0 amide bonds.